The molecule has 2 fully saturated rings. The molecule has 2 heterocycles. The maximum atomic E-state index is 11.5. The van der Waals surface area contributed by atoms with Crippen LogP contribution in [0.3, 0.4) is 0 Å². The average molecular weight is 282 g/mol. The van der Waals surface area contributed by atoms with Gasteiger partial charge < -0.3 is 4.74 Å². The van der Waals surface area contributed by atoms with Gasteiger partial charge in [0.2, 0.25) is 0 Å². The molecule has 0 spiro atoms. The minimum absolute atomic E-state index is 0.360. The molecule has 5 nitrogen and oxygen atoms in total. The first-order valence-electron chi connectivity index (χ1n) is 6.60. The van der Waals surface area contributed by atoms with Gasteiger partial charge in [-0.1, -0.05) is 0 Å². The highest BCUT2D eigenvalue weighted by Crippen LogP contribution is 2.47. The van der Waals surface area contributed by atoms with Crippen LogP contribution in [0.15, 0.2) is 12.4 Å². The fraction of sp³-hybridized carbons (Fsp3) is 0.615. The van der Waals surface area contributed by atoms with Gasteiger partial charge in [-0.25, -0.2) is 19.2 Å². The molecule has 0 amide bonds. The van der Waals surface area contributed by atoms with Crippen molar-refractivity contribution in [3.05, 3.63) is 23.8 Å². The normalized spacial score (nSPS) is 29.7. The second-order valence-electron chi connectivity index (χ2n) is 5.12. The number of aromatic nitrogens is 2. The number of carbonyl (C=O) groups is 1. The molecule has 1 aliphatic heterocycles. The van der Waals surface area contributed by atoms with Gasteiger partial charge in [0.05, 0.1) is 12.2 Å². The summed E-state index contributed by atoms with van der Waals surface area (Å²) in [6.07, 6.45) is 5.25. The molecule has 3 rings (SSSR count). The van der Waals surface area contributed by atoms with Gasteiger partial charge in [-0.05, 0) is 37.5 Å². The lowest BCUT2D eigenvalue weighted by Crippen LogP contribution is -2.28. The van der Waals surface area contributed by atoms with Crippen LogP contribution in [0.4, 0.5) is 0 Å². The van der Waals surface area contributed by atoms with Crippen molar-refractivity contribution >= 4 is 17.7 Å². The van der Waals surface area contributed by atoms with E-state index in [0.29, 0.717) is 30.0 Å². The van der Waals surface area contributed by atoms with E-state index in [2.05, 4.69) is 9.97 Å². The Morgan fingerprint density at radius 1 is 1.47 bits per heavy atom. The quantitative estimate of drug-likeness (QED) is 0.626. The van der Waals surface area contributed by atoms with Crippen molar-refractivity contribution in [1.82, 2.24) is 14.4 Å². The second-order valence-corrected chi connectivity index (χ2v) is 5.56. The molecule has 0 N–H and O–H groups in total. The van der Waals surface area contributed by atoms with Crippen LogP contribution >= 0.6 is 11.8 Å². The summed E-state index contributed by atoms with van der Waals surface area (Å²) in [4.78, 5) is 20.2. The highest BCUT2D eigenvalue weighted by molar-refractivity contribution is 6.13. The van der Waals surface area contributed by atoms with E-state index < -0.39 is 0 Å². The van der Waals surface area contributed by atoms with Crippen LogP contribution in [0.5, 0.6) is 0 Å². The Morgan fingerprint density at radius 2 is 2.21 bits per heavy atom. The van der Waals surface area contributed by atoms with Gasteiger partial charge in [-0.3, -0.25) is 0 Å². The molecule has 0 radical (unpaired) electrons. The highest BCUT2D eigenvalue weighted by Gasteiger charge is 2.45. The Kier molecular flexibility index (Phi) is 3.41. The van der Waals surface area contributed by atoms with Gasteiger partial charge in [-0.15, -0.1) is 0 Å². The molecular weight excluding hydrogens is 266 g/mol. The molecule has 3 atom stereocenters. The number of nitrogens with zero attached hydrogens (tertiary/aromatic N) is 3. The molecule has 1 saturated heterocycles. The molecule has 6 heteroatoms. The average Bonchev–Trinajstić information content (AvgIpc) is 2.98. The third-order valence-corrected chi connectivity index (χ3v) is 4.40. The molecule has 1 aromatic rings. The molecule has 1 aromatic heterocycles. The summed E-state index contributed by atoms with van der Waals surface area (Å²) in [5, 5.41) is 0. The predicted octanol–water partition coefficient (Wildman–Crippen LogP) is 1.98. The lowest BCUT2D eigenvalue weighted by molar-refractivity contribution is 0.0525. The number of hydrogen-bond acceptors (Lipinski definition) is 5. The summed E-state index contributed by atoms with van der Waals surface area (Å²) in [6.45, 7) is 3.04. The van der Waals surface area contributed by atoms with Crippen molar-refractivity contribution in [2.75, 3.05) is 13.2 Å². The Morgan fingerprint density at radius 3 is 2.74 bits per heavy atom. The second kappa shape index (κ2) is 5.06. The van der Waals surface area contributed by atoms with Crippen molar-refractivity contribution in [2.45, 2.75) is 31.7 Å². The molecule has 102 valence electrons. The largest absolute Gasteiger partial charge is 0.462 e. The van der Waals surface area contributed by atoms with Crippen molar-refractivity contribution in [1.29, 1.82) is 0 Å². The monoisotopic (exact) mass is 281 g/mol. The van der Waals surface area contributed by atoms with Crippen LogP contribution in [0.25, 0.3) is 0 Å². The zero-order chi connectivity index (χ0) is 13.4. The molecule has 2 bridgehead atoms. The van der Waals surface area contributed by atoms with Crippen LogP contribution < -0.4 is 0 Å². The number of hydrogen-bond donors (Lipinski definition) is 0. The minimum atomic E-state index is -0.367. The smallest absolute Gasteiger partial charge is 0.341 e. The fourth-order valence-electron chi connectivity index (χ4n) is 3.06. The Hall–Kier alpha value is -1.20. The number of halogens is 1. The van der Waals surface area contributed by atoms with E-state index in [1.54, 1.807) is 19.3 Å². The summed E-state index contributed by atoms with van der Waals surface area (Å²) in [6, 6.07) is 0.449. The summed E-state index contributed by atoms with van der Waals surface area (Å²) < 4.78 is 6.81. The molecule has 1 aliphatic carbocycles. The third-order valence-electron chi connectivity index (χ3n) is 3.99. The van der Waals surface area contributed by atoms with E-state index in [1.165, 1.54) is 0 Å². The van der Waals surface area contributed by atoms with Crippen molar-refractivity contribution < 1.29 is 9.53 Å². The van der Waals surface area contributed by atoms with Crippen LogP contribution in [-0.2, 0) is 4.74 Å². The Labute approximate surface area is 117 Å². The maximum Gasteiger partial charge on any atom is 0.341 e. The zero-order valence-electron chi connectivity index (χ0n) is 10.8. The van der Waals surface area contributed by atoms with Gasteiger partial charge in [0.1, 0.15) is 5.82 Å². The molecule has 19 heavy (non-hydrogen) atoms. The van der Waals surface area contributed by atoms with Gasteiger partial charge >= 0.3 is 5.97 Å². The van der Waals surface area contributed by atoms with Crippen LogP contribution in [0, 0.1) is 5.92 Å². The number of esters is 1. The van der Waals surface area contributed by atoms with E-state index in [1.807, 2.05) is 4.42 Å². The van der Waals surface area contributed by atoms with E-state index in [-0.39, 0.29) is 5.97 Å². The van der Waals surface area contributed by atoms with E-state index >= 15 is 0 Å². The molecule has 1 saturated carbocycles. The van der Waals surface area contributed by atoms with Crippen molar-refractivity contribution in [3.8, 4) is 0 Å². The van der Waals surface area contributed by atoms with E-state index in [0.717, 1.165) is 25.2 Å². The molecule has 0 aromatic carbocycles. The number of fused-ring (bicyclic) bond motifs is 2. The Balaban J connectivity index is 1.72. The standard InChI is InChI=1S/C13H16ClN3O2/c1-2-19-13(18)9-5-15-12(16-6-9)11-4-10-3-8(11)7-17(10)14/h5-6,8,10-11H,2-4,7H2,1H3/t8-,10-,11?/m0/s1. The van der Waals surface area contributed by atoms with Crippen molar-refractivity contribution in [2.24, 2.45) is 5.92 Å². The minimum Gasteiger partial charge on any atom is -0.462 e. The number of piperidine rings is 1. The SMILES string of the molecule is CCOC(=O)c1cnc(C2C[C@@H]3C[C@H]2CN3Cl)nc1. The highest BCUT2D eigenvalue weighted by atomic mass is 35.5. The fourth-order valence-corrected chi connectivity index (χ4v) is 3.40. The predicted molar refractivity (Wildman–Crippen MR) is 69.8 cm³/mol. The summed E-state index contributed by atoms with van der Waals surface area (Å²) >= 11 is 6.09. The number of rotatable bonds is 3. The zero-order valence-corrected chi connectivity index (χ0v) is 11.5. The Bertz CT molecular complexity index is 477. The first-order chi connectivity index (χ1) is 9.19. The first kappa shape index (κ1) is 12.8. The van der Waals surface area contributed by atoms with Gasteiger partial charge in [0, 0.05) is 30.9 Å². The van der Waals surface area contributed by atoms with Crippen molar-refractivity contribution in [3.63, 3.8) is 0 Å². The topological polar surface area (TPSA) is 55.3 Å². The summed E-state index contributed by atoms with van der Waals surface area (Å²) in [5.74, 6) is 1.37. The lowest BCUT2D eigenvalue weighted by Gasteiger charge is -2.25. The maximum absolute atomic E-state index is 11.5. The molecular formula is C13H16ClN3O2. The van der Waals surface area contributed by atoms with Crippen LogP contribution in [-0.4, -0.2) is 39.5 Å². The van der Waals surface area contributed by atoms with Gasteiger partial charge in [0.25, 0.3) is 0 Å². The third kappa shape index (κ3) is 2.32. The summed E-state index contributed by atoms with van der Waals surface area (Å²) in [5.41, 5.74) is 0.410. The molecule has 2 aliphatic rings. The number of ether oxygens (including phenoxy) is 1. The summed E-state index contributed by atoms with van der Waals surface area (Å²) in [7, 11) is 0. The molecule has 1 unspecified atom stereocenters. The van der Waals surface area contributed by atoms with Gasteiger partial charge in [-0.2, -0.15) is 0 Å². The van der Waals surface area contributed by atoms with E-state index in [4.69, 9.17) is 16.5 Å². The number of carbonyl (C=O) groups excluding carboxylic acids is 1. The van der Waals surface area contributed by atoms with Crippen LogP contribution in [0.2, 0.25) is 0 Å². The van der Waals surface area contributed by atoms with Gasteiger partial charge in [0.15, 0.2) is 0 Å². The first-order valence-corrected chi connectivity index (χ1v) is 6.94. The lowest BCUT2D eigenvalue weighted by atomic mass is 9.94. The van der Waals surface area contributed by atoms with E-state index in [9.17, 15) is 4.79 Å². The van der Waals surface area contributed by atoms with Crippen LogP contribution in [0.1, 0.15) is 41.9 Å².